The summed E-state index contributed by atoms with van der Waals surface area (Å²) >= 11 is 13.7. The van der Waals surface area contributed by atoms with Gasteiger partial charge in [-0.25, -0.2) is 4.98 Å². The molecule has 0 atom stereocenters. The number of hydrogen-bond acceptors (Lipinski definition) is 5. The van der Waals surface area contributed by atoms with Gasteiger partial charge in [0.25, 0.3) is 0 Å². The number of aromatic nitrogens is 1. The summed E-state index contributed by atoms with van der Waals surface area (Å²) in [6.07, 6.45) is 4.74. The van der Waals surface area contributed by atoms with Crippen LogP contribution in [0.4, 0.5) is 5.13 Å². The van der Waals surface area contributed by atoms with E-state index in [9.17, 15) is 4.79 Å². The minimum atomic E-state index is -0.261. The van der Waals surface area contributed by atoms with Crippen LogP contribution in [0.25, 0.3) is 6.08 Å². The zero-order chi connectivity index (χ0) is 19.9. The molecule has 1 N–H and O–H groups in total. The molecule has 3 rings (SSSR count). The van der Waals surface area contributed by atoms with E-state index in [-0.39, 0.29) is 12.5 Å². The second-order valence-electron chi connectivity index (χ2n) is 5.56. The second-order valence-corrected chi connectivity index (χ2v) is 7.27. The minimum absolute atomic E-state index is 0.209. The van der Waals surface area contributed by atoms with Crippen LogP contribution in [0.15, 0.2) is 54.1 Å². The summed E-state index contributed by atoms with van der Waals surface area (Å²) < 4.78 is 11.2. The van der Waals surface area contributed by atoms with Crippen molar-refractivity contribution in [3.8, 4) is 11.5 Å². The van der Waals surface area contributed by atoms with E-state index in [4.69, 9.17) is 32.7 Å². The van der Waals surface area contributed by atoms with Crippen molar-refractivity contribution in [2.45, 2.75) is 6.61 Å². The quantitative estimate of drug-likeness (QED) is 0.485. The van der Waals surface area contributed by atoms with Gasteiger partial charge in [-0.05, 0) is 35.9 Å². The maximum absolute atomic E-state index is 11.9. The highest BCUT2D eigenvalue weighted by atomic mass is 35.5. The topological polar surface area (TPSA) is 60.5 Å². The van der Waals surface area contributed by atoms with Gasteiger partial charge in [0.05, 0.1) is 7.11 Å². The molecular formula is C20H16Cl2N2O3S. The molecule has 8 heteroatoms. The molecule has 0 fully saturated rings. The standard InChI is InChI=1S/C20H16Cl2N2O3S/c1-26-18-11-13(6-8-19(25)24-20-23-9-10-28-20)5-7-17(18)27-12-14-15(21)3-2-4-16(14)22/h2-11H,12H2,1H3,(H,23,24,25). The molecule has 0 aliphatic rings. The Kier molecular flexibility index (Phi) is 6.92. The fourth-order valence-corrected chi connectivity index (χ4v) is 3.37. The van der Waals surface area contributed by atoms with Gasteiger partial charge in [-0.1, -0.05) is 35.3 Å². The van der Waals surface area contributed by atoms with Gasteiger partial charge in [0, 0.05) is 33.3 Å². The Morgan fingerprint density at radius 3 is 2.68 bits per heavy atom. The molecule has 1 amide bonds. The van der Waals surface area contributed by atoms with Crippen molar-refractivity contribution in [1.82, 2.24) is 4.98 Å². The number of anilines is 1. The molecular weight excluding hydrogens is 419 g/mol. The van der Waals surface area contributed by atoms with Crippen LogP contribution in [0.2, 0.25) is 10.0 Å². The molecule has 144 valence electrons. The van der Waals surface area contributed by atoms with E-state index in [1.807, 2.05) is 6.07 Å². The van der Waals surface area contributed by atoms with E-state index in [0.717, 1.165) is 5.56 Å². The first-order chi connectivity index (χ1) is 13.6. The van der Waals surface area contributed by atoms with Crippen LogP contribution in [0, 0.1) is 0 Å². The SMILES string of the molecule is COc1cc(C=CC(=O)Nc2nccs2)ccc1OCc1c(Cl)cccc1Cl. The molecule has 0 unspecified atom stereocenters. The molecule has 0 aliphatic heterocycles. The van der Waals surface area contributed by atoms with Gasteiger partial charge >= 0.3 is 0 Å². The lowest BCUT2D eigenvalue weighted by molar-refractivity contribution is -0.111. The van der Waals surface area contributed by atoms with Crippen LogP contribution in [-0.4, -0.2) is 18.0 Å². The van der Waals surface area contributed by atoms with Crippen molar-refractivity contribution in [3.05, 3.63) is 75.2 Å². The Balaban J connectivity index is 1.68. The van der Waals surface area contributed by atoms with Gasteiger partial charge in [-0.2, -0.15) is 0 Å². The van der Waals surface area contributed by atoms with Crippen LogP contribution in [0.5, 0.6) is 11.5 Å². The lowest BCUT2D eigenvalue weighted by Gasteiger charge is -2.13. The summed E-state index contributed by atoms with van der Waals surface area (Å²) in [4.78, 5) is 15.9. The first-order valence-corrected chi connectivity index (χ1v) is 9.82. The molecule has 0 bridgehead atoms. The van der Waals surface area contributed by atoms with Gasteiger partial charge in [-0.15, -0.1) is 11.3 Å². The fraction of sp³-hybridized carbons (Fsp3) is 0.100. The molecule has 1 aromatic heterocycles. The molecule has 5 nitrogen and oxygen atoms in total. The van der Waals surface area contributed by atoms with Gasteiger partial charge in [0.15, 0.2) is 16.6 Å². The van der Waals surface area contributed by atoms with Gasteiger partial charge < -0.3 is 9.47 Å². The lowest BCUT2D eigenvalue weighted by atomic mass is 10.2. The Labute approximate surface area is 176 Å². The van der Waals surface area contributed by atoms with Crippen molar-refractivity contribution in [1.29, 1.82) is 0 Å². The summed E-state index contributed by atoms with van der Waals surface area (Å²) in [6.45, 7) is 0.209. The average molecular weight is 435 g/mol. The zero-order valence-electron chi connectivity index (χ0n) is 14.8. The highest BCUT2D eigenvalue weighted by Gasteiger charge is 2.10. The van der Waals surface area contributed by atoms with Crippen LogP contribution in [0.3, 0.4) is 0 Å². The molecule has 0 radical (unpaired) electrons. The third-order valence-corrected chi connectivity index (χ3v) is 5.11. The summed E-state index contributed by atoms with van der Waals surface area (Å²) in [6, 6.07) is 10.7. The molecule has 1 heterocycles. The number of carbonyl (C=O) groups excluding carboxylic acids is 1. The van der Waals surface area contributed by atoms with E-state index in [2.05, 4.69) is 10.3 Å². The average Bonchev–Trinajstić information content (AvgIpc) is 3.19. The highest BCUT2D eigenvalue weighted by Crippen LogP contribution is 2.31. The normalized spacial score (nSPS) is 10.8. The Morgan fingerprint density at radius 2 is 2.00 bits per heavy atom. The Hall–Kier alpha value is -2.54. The third-order valence-electron chi connectivity index (χ3n) is 3.71. The predicted octanol–water partition coefficient (Wildman–Crippen LogP) is 5.69. The number of hydrogen-bond donors (Lipinski definition) is 1. The smallest absolute Gasteiger partial charge is 0.250 e. The molecule has 3 aromatic rings. The number of thiazole rings is 1. The monoisotopic (exact) mass is 434 g/mol. The van der Waals surface area contributed by atoms with Gasteiger partial charge in [-0.3, -0.25) is 10.1 Å². The van der Waals surface area contributed by atoms with Crippen LogP contribution in [0.1, 0.15) is 11.1 Å². The predicted molar refractivity (Wildman–Crippen MR) is 114 cm³/mol. The number of nitrogens with zero attached hydrogens (tertiary/aromatic N) is 1. The van der Waals surface area contributed by atoms with Crippen LogP contribution >= 0.6 is 34.5 Å². The number of carbonyl (C=O) groups is 1. The number of ether oxygens (including phenoxy) is 2. The summed E-state index contributed by atoms with van der Waals surface area (Å²) in [5.74, 6) is 0.816. The molecule has 0 spiro atoms. The van der Waals surface area contributed by atoms with E-state index >= 15 is 0 Å². The molecule has 2 aromatic carbocycles. The highest BCUT2D eigenvalue weighted by molar-refractivity contribution is 7.13. The molecule has 28 heavy (non-hydrogen) atoms. The van der Waals surface area contributed by atoms with Crippen molar-refractivity contribution in [2.24, 2.45) is 0 Å². The molecule has 0 saturated heterocycles. The summed E-state index contributed by atoms with van der Waals surface area (Å²) in [5.41, 5.74) is 1.49. The number of amides is 1. The first-order valence-electron chi connectivity index (χ1n) is 8.19. The maximum Gasteiger partial charge on any atom is 0.250 e. The van der Waals surface area contributed by atoms with Gasteiger partial charge in [0.1, 0.15) is 6.61 Å². The third kappa shape index (κ3) is 5.25. The van der Waals surface area contributed by atoms with Gasteiger partial charge in [0.2, 0.25) is 5.91 Å². The zero-order valence-corrected chi connectivity index (χ0v) is 17.1. The summed E-state index contributed by atoms with van der Waals surface area (Å²) in [7, 11) is 1.55. The first kappa shape index (κ1) is 20.2. The van der Waals surface area contributed by atoms with Crippen molar-refractivity contribution in [3.63, 3.8) is 0 Å². The molecule has 0 saturated carbocycles. The van der Waals surface area contributed by atoms with Crippen molar-refractivity contribution >= 4 is 51.7 Å². The van der Waals surface area contributed by atoms with Crippen molar-refractivity contribution in [2.75, 3.05) is 12.4 Å². The Morgan fingerprint density at radius 1 is 1.21 bits per heavy atom. The second kappa shape index (κ2) is 9.59. The number of halogens is 2. The fourth-order valence-electron chi connectivity index (χ4n) is 2.33. The molecule has 0 aliphatic carbocycles. The largest absolute Gasteiger partial charge is 0.493 e. The summed E-state index contributed by atoms with van der Waals surface area (Å²) in [5, 5.41) is 6.10. The minimum Gasteiger partial charge on any atom is -0.493 e. The van der Waals surface area contributed by atoms with E-state index in [1.165, 1.54) is 17.4 Å². The number of rotatable bonds is 7. The number of benzene rings is 2. The van der Waals surface area contributed by atoms with E-state index in [0.29, 0.717) is 32.2 Å². The van der Waals surface area contributed by atoms with E-state index < -0.39 is 0 Å². The van der Waals surface area contributed by atoms with Crippen LogP contribution < -0.4 is 14.8 Å². The van der Waals surface area contributed by atoms with Crippen molar-refractivity contribution < 1.29 is 14.3 Å². The number of nitrogens with one attached hydrogen (secondary N) is 1. The number of methoxy groups -OCH3 is 1. The van der Waals surface area contributed by atoms with Crippen LogP contribution in [-0.2, 0) is 11.4 Å². The Bertz CT molecular complexity index is 971. The maximum atomic E-state index is 11.9. The van der Waals surface area contributed by atoms with E-state index in [1.54, 1.807) is 55.1 Å². The lowest BCUT2D eigenvalue weighted by Crippen LogP contribution is -2.07.